The van der Waals surface area contributed by atoms with E-state index in [0.29, 0.717) is 27.8 Å². The maximum Gasteiger partial charge on any atom is 0.503 e. The van der Waals surface area contributed by atoms with Gasteiger partial charge < -0.3 is 5.73 Å². The van der Waals surface area contributed by atoms with Gasteiger partial charge in [-0.2, -0.15) is 13.2 Å². The SMILES string of the molecule is Cc1cc(-c2ccc3c(-c4ccccc4)nnc(S(=O)(=O)C(F)(F)F)c3c2)ccc1C(N)=O. The monoisotopic (exact) mass is 471 g/mol. The Labute approximate surface area is 186 Å². The second kappa shape index (κ2) is 7.96. The molecule has 4 rings (SSSR count). The van der Waals surface area contributed by atoms with E-state index in [2.05, 4.69) is 10.2 Å². The van der Waals surface area contributed by atoms with Crippen LogP contribution in [0.2, 0.25) is 0 Å². The summed E-state index contributed by atoms with van der Waals surface area (Å²) >= 11 is 0. The van der Waals surface area contributed by atoms with E-state index in [1.54, 1.807) is 55.5 Å². The molecule has 0 saturated heterocycles. The van der Waals surface area contributed by atoms with Crippen LogP contribution in [-0.4, -0.2) is 30.0 Å². The summed E-state index contributed by atoms with van der Waals surface area (Å²) in [7, 11) is -5.76. The molecule has 0 aliphatic heterocycles. The van der Waals surface area contributed by atoms with Gasteiger partial charge in [-0.1, -0.05) is 54.6 Å². The number of sulfone groups is 1. The summed E-state index contributed by atoms with van der Waals surface area (Å²) < 4.78 is 64.6. The zero-order valence-corrected chi connectivity index (χ0v) is 17.9. The highest BCUT2D eigenvalue weighted by atomic mass is 32.2. The first-order valence-corrected chi connectivity index (χ1v) is 11.1. The summed E-state index contributed by atoms with van der Waals surface area (Å²) in [4.78, 5) is 11.5. The number of nitrogens with zero attached hydrogens (tertiary/aromatic N) is 2. The number of aromatic nitrogens is 2. The van der Waals surface area contributed by atoms with Crippen LogP contribution in [0.1, 0.15) is 15.9 Å². The second-order valence-corrected chi connectivity index (χ2v) is 9.18. The largest absolute Gasteiger partial charge is 0.503 e. The molecule has 2 N–H and O–H groups in total. The van der Waals surface area contributed by atoms with Crippen molar-refractivity contribution in [2.24, 2.45) is 5.73 Å². The number of halogens is 3. The van der Waals surface area contributed by atoms with Crippen molar-refractivity contribution < 1.29 is 26.4 Å². The number of primary amides is 1. The molecule has 4 aromatic rings. The predicted octanol–water partition coefficient (Wildman–Crippen LogP) is 4.66. The molecule has 0 saturated carbocycles. The number of carbonyl (C=O) groups excluding carboxylic acids is 1. The first-order chi connectivity index (χ1) is 15.5. The van der Waals surface area contributed by atoms with E-state index in [0.717, 1.165) is 0 Å². The molecule has 0 aliphatic carbocycles. The van der Waals surface area contributed by atoms with Crippen LogP contribution < -0.4 is 5.73 Å². The van der Waals surface area contributed by atoms with Crippen molar-refractivity contribution in [1.29, 1.82) is 0 Å². The number of benzene rings is 3. The second-order valence-electron chi connectivity index (χ2n) is 7.32. The lowest BCUT2D eigenvalue weighted by atomic mass is 9.97. The van der Waals surface area contributed by atoms with E-state index >= 15 is 0 Å². The number of aryl methyl sites for hydroxylation is 1. The highest BCUT2D eigenvalue weighted by Gasteiger charge is 2.49. The molecular formula is C23H16F3N3O3S. The van der Waals surface area contributed by atoms with Gasteiger partial charge in [0.05, 0.1) is 0 Å². The molecule has 0 radical (unpaired) electrons. The Balaban J connectivity index is 2.01. The molecule has 6 nitrogen and oxygen atoms in total. The Kier molecular flexibility index (Phi) is 5.41. The number of alkyl halides is 3. The van der Waals surface area contributed by atoms with Gasteiger partial charge in [0.2, 0.25) is 5.91 Å². The summed E-state index contributed by atoms with van der Waals surface area (Å²) in [5.74, 6) is -0.612. The Hall–Kier alpha value is -3.79. The van der Waals surface area contributed by atoms with Gasteiger partial charge in [0.1, 0.15) is 5.69 Å². The number of hydrogen-bond acceptors (Lipinski definition) is 5. The van der Waals surface area contributed by atoms with Gasteiger partial charge in [-0.15, -0.1) is 10.2 Å². The Morgan fingerprint density at radius 1 is 0.848 bits per heavy atom. The van der Waals surface area contributed by atoms with Crippen molar-refractivity contribution in [3.8, 4) is 22.4 Å². The molecular weight excluding hydrogens is 455 g/mol. The summed E-state index contributed by atoms with van der Waals surface area (Å²) in [6, 6.07) is 17.8. The lowest BCUT2D eigenvalue weighted by Gasteiger charge is -2.13. The van der Waals surface area contributed by atoms with E-state index in [1.165, 1.54) is 18.2 Å². The molecule has 0 unspecified atom stereocenters. The fourth-order valence-corrected chi connectivity index (χ4v) is 4.37. The lowest BCUT2D eigenvalue weighted by molar-refractivity contribution is -0.0437. The van der Waals surface area contributed by atoms with Crippen molar-refractivity contribution in [2.75, 3.05) is 0 Å². The minimum atomic E-state index is -5.76. The molecule has 0 spiro atoms. The minimum Gasteiger partial charge on any atom is -0.366 e. The summed E-state index contributed by atoms with van der Waals surface area (Å²) in [6.07, 6.45) is 0. The van der Waals surface area contributed by atoms with E-state index in [-0.39, 0.29) is 16.5 Å². The third kappa shape index (κ3) is 3.93. The molecule has 1 amide bonds. The van der Waals surface area contributed by atoms with Crippen LogP contribution in [0.5, 0.6) is 0 Å². The number of nitrogens with two attached hydrogens (primary N) is 1. The van der Waals surface area contributed by atoms with E-state index in [4.69, 9.17) is 5.73 Å². The molecule has 33 heavy (non-hydrogen) atoms. The van der Waals surface area contributed by atoms with Crippen molar-refractivity contribution in [3.05, 3.63) is 77.9 Å². The molecule has 168 valence electrons. The van der Waals surface area contributed by atoms with Crippen molar-refractivity contribution in [2.45, 2.75) is 17.5 Å². The van der Waals surface area contributed by atoms with Gasteiger partial charge in [-0.3, -0.25) is 4.79 Å². The van der Waals surface area contributed by atoms with Crippen LogP contribution in [0.25, 0.3) is 33.2 Å². The third-order valence-corrected chi connectivity index (χ3v) is 6.60. The zero-order valence-electron chi connectivity index (χ0n) is 17.1. The Bertz CT molecular complexity index is 1500. The first-order valence-electron chi connectivity index (χ1n) is 9.59. The average molecular weight is 471 g/mol. The van der Waals surface area contributed by atoms with E-state index < -0.39 is 26.3 Å². The molecule has 1 heterocycles. The highest BCUT2D eigenvalue weighted by molar-refractivity contribution is 7.92. The van der Waals surface area contributed by atoms with Crippen LogP contribution in [0.3, 0.4) is 0 Å². The van der Waals surface area contributed by atoms with Gasteiger partial charge >= 0.3 is 5.51 Å². The molecule has 10 heteroatoms. The maximum atomic E-state index is 13.4. The number of carbonyl (C=O) groups is 1. The van der Waals surface area contributed by atoms with Crippen LogP contribution in [0.4, 0.5) is 13.2 Å². The molecule has 3 aromatic carbocycles. The topological polar surface area (TPSA) is 103 Å². The first kappa shape index (κ1) is 22.4. The van der Waals surface area contributed by atoms with Crippen LogP contribution in [0, 0.1) is 6.92 Å². The summed E-state index contributed by atoms with van der Waals surface area (Å²) in [6.45, 7) is 1.67. The fraction of sp³-hybridized carbons (Fsp3) is 0.0870. The van der Waals surface area contributed by atoms with Crippen LogP contribution >= 0.6 is 0 Å². The maximum absolute atomic E-state index is 13.4. The molecule has 0 atom stereocenters. The summed E-state index contributed by atoms with van der Waals surface area (Å²) in [5, 5.41) is 6.14. The third-order valence-electron chi connectivity index (χ3n) is 5.18. The highest BCUT2D eigenvalue weighted by Crippen LogP contribution is 2.37. The minimum absolute atomic E-state index is 0.202. The Morgan fingerprint density at radius 3 is 2.09 bits per heavy atom. The van der Waals surface area contributed by atoms with Crippen molar-refractivity contribution >= 4 is 26.5 Å². The Morgan fingerprint density at radius 2 is 1.48 bits per heavy atom. The number of hydrogen-bond donors (Lipinski definition) is 1. The van der Waals surface area contributed by atoms with Gasteiger partial charge in [-0.05, 0) is 35.7 Å². The lowest BCUT2D eigenvalue weighted by Crippen LogP contribution is -2.25. The normalized spacial score (nSPS) is 12.1. The average Bonchev–Trinajstić information content (AvgIpc) is 2.77. The summed E-state index contributed by atoms with van der Waals surface area (Å²) in [5.41, 5.74) is 2.48. The van der Waals surface area contributed by atoms with Crippen molar-refractivity contribution in [3.63, 3.8) is 0 Å². The predicted molar refractivity (Wildman–Crippen MR) is 117 cm³/mol. The molecule has 1 aromatic heterocycles. The smallest absolute Gasteiger partial charge is 0.366 e. The standard InChI is InChI=1S/C23H16F3N3O3S/c1-13-11-15(7-9-17(13)21(27)30)16-8-10-18-19(12-16)22(33(31,32)23(24,25)26)29-28-20(18)14-5-3-2-4-6-14/h2-12H,1H3,(H2,27,30). The number of amides is 1. The quantitative estimate of drug-likeness (QED) is 0.466. The van der Waals surface area contributed by atoms with E-state index in [1.807, 2.05) is 0 Å². The van der Waals surface area contributed by atoms with Crippen LogP contribution in [-0.2, 0) is 9.84 Å². The molecule has 0 fully saturated rings. The van der Waals surface area contributed by atoms with Gasteiger partial charge in [0.25, 0.3) is 9.84 Å². The van der Waals surface area contributed by atoms with Gasteiger partial charge in [-0.25, -0.2) is 8.42 Å². The van der Waals surface area contributed by atoms with Gasteiger partial charge in [0.15, 0.2) is 5.03 Å². The molecule has 0 bridgehead atoms. The number of rotatable bonds is 4. The van der Waals surface area contributed by atoms with Gasteiger partial charge in [0, 0.05) is 21.9 Å². The van der Waals surface area contributed by atoms with Crippen LogP contribution in [0.15, 0.2) is 71.8 Å². The van der Waals surface area contributed by atoms with Crippen molar-refractivity contribution in [1.82, 2.24) is 10.2 Å². The van der Waals surface area contributed by atoms with E-state index in [9.17, 15) is 26.4 Å². The fourth-order valence-electron chi connectivity index (χ4n) is 3.55. The number of fused-ring (bicyclic) bond motifs is 1. The zero-order chi connectivity index (χ0) is 24.0. The molecule has 0 aliphatic rings.